The van der Waals surface area contributed by atoms with E-state index in [9.17, 15) is 14.4 Å². The Morgan fingerprint density at radius 2 is 1.83 bits per heavy atom. The second-order valence-corrected chi connectivity index (χ2v) is 10.2. The van der Waals surface area contributed by atoms with Crippen LogP contribution in [0.4, 0.5) is 15.6 Å². The predicted octanol–water partition coefficient (Wildman–Crippen LogP) is 1.71. The highest BCUT2D eigenvalue weighted by atomic mass is 32.1. The van der Waals surface area contributed by atoms with E-state index in [0.717, 1.165) is 29.5 Å². The van der Waals surface area contributed by atoms with E-state index in [1.807, 2.05) is 28.8 Å². The van der Waals surface area contributed by atoms with Gasteiger partial charge in [-0.05, 0) is 30.5 Å². The number of hydrogen-bond acceptors (Lipinski definition) is 8. The van der Waals surface area contributed by atoms with Gasteiger partial charge in [0.25, 0.3) is 11.5 Å². The SMILES string of the molecule is O=C(Nc1snnc1C(=O)N1CCN(c2ccccn2)CC1)N1C[C@@H]2C[C@H](C1)c1cccc(=O)n1C2. The van der Waals surface area contributed by atoms with E-state index in [-0.39, 0.29) is 35.0 Å². The number of anilines is 2. The van der Waals surface area contributed by atoms with Crippen molar-refractivity contribution in [1.29, 1.82) is 0 Å². The Balaban J connectivity index is 1.10. The fourth-order valence-electron chi connectivity index (χ4n) is 5.48. The zero-order chi connectivity index (χ0) is 24.6. The van der Waals surface area contributed by atoms with E-state index in [2.05, 4.69) is 24.8 Å². The molecule has 186 valence electrons. The first-order valence-corrected chi connectivity index (χ1v) is 12.9. The van der Waals surface area contributed by atoms with Gasteiger partial charge >= 0.3 is 6.03 Å². The minimum Gasteiger partial charge on any atom is -0.353 e. The third-order valence-corrected chi connectivity index (χ3v) is 7.86. The summed E-state index contributed by atoms with van der Waals surface area (Å²) >= 11 is 1.01. The number of pyridine rings is 2. The molecule has 0 unspecified atom stereocenters. The molecule has 0 saturated carbocycles. The molecule has 3 amide bonds. The van der Waals surface area contributed by atoms with Crippen molar-refractivity contribution in [3.05, 3.63) is 64.3 Å². The summed E-state index contributed by atoms with van der Waals surface area (Å²) in [7, 11) is 0. The lowest BCUT2D eigenvalue weighted by atomic mass is 9.83. The van der Waals surface area contributed by atoms with Gasteiger partial charge in [-0.2, -0.15) is 0 Å². The first kappa shape index (κ1) is 22.7. The van der Waals surface area contributed by atoms with Gasteiger partial charge in [0.2, 0.25) is 0 Å². The molecule has 2 bridgehead atoms. The van der Waals surface area contributed by atoms with Gasteiger partial charge in [-0.1, -0.05) is 16.6 Å². The van der Waals surface area contributed by atoms with Gasteiger partial charge in [-0.3, -0.25) is 14.9 Å². The predicted molar refractivity (Wildman–Crippen MR) is 134 cm³/mol. The molecule has 0 aromatic carbocycles. The van der Waals surface area contributed by atoms with Gasteiger partial charge in [0.15, 0.2) is 10.7 Å². The highest BCUT2D eigenvalue weighted by Crippen LogP contribution is 2.35. The van der Waals surface area contributed by atoms with Crippen molar-refractivity contribution in [1.82, 2.24) is 28.9 Å². The van der Waals surface area contributed by atoms with Crippen LogP contribution >= 0.6 is 11.5 Å². The molecule has 3 aromatic heterocycles. The smallest absolute Gasteiger partial charge is 0.322 e. The van der Waals surface area contributed by atoms with Crippen LogP contribution in [0.1, 0.15) is 28.5 Å². The second kappa shape index (κ2) is 9.34. The zero-order valence-electron chi connectivity index (χ0n) is 19.6. The molecule has 12 heteroatoms. The van der Waals surface area contributed by atoms with Crippen molar-refractivity contribution in [2.75, 3.05) is 49.5 Å². The number of fused-ring (bicyclic) bond motifs is 4. The van der Waals surface area contributed by atoms with Crippen LogP contribution < -0.4 is 15.8 Å². The number of nitrogens with one attached hydrogen (secondary N) is 1. The van der Waals surface area contributed by atoms with Crippen LogP contribution in [0, 0.1) is 5.92 Å². The molecule has 1 N–H and O–H groups in total. The Bertz CT molecular complexity index is 1330. The van der Waals surface area contributed by atoms with Crippen molar-refractivity contribution < 1.29 is 9.59 Å². The molecule has 6 rings (SSSR count). The van der Waals surface area contributed by atoms with Crippen LogP contribution in [0.15, 0.2) is 47.4 Å². The molecule has 2 saturated heterocycles. The molecule has 3 aliphatic rings. The molecule has 3 aliphatic heterocycles. The molecule has 3 aromatic rings. The monoisotopic (exact) mass is 506 g/mol. The number of carbonyl (C=O) groups excluding carboxylic acids is 2. The number of piperazine rings is 1. The quantitative estimate of drug-likeness (QED) is 0.575. The number of amides is 3. The number of piperidine rings is 1. The molecule has 2 atom stereocenters. The zero-order valence-corrected chi connectivity index (χ0v) is 20.4. The number of carbonyl (C=O) groups is 2. The van der Waals surface area contributed by atoms with Crippen LogP contribution in [-0.4, -0.2) is 80.1 Å². The van der Waals surface area contributed by atoms with Gasteiger partial charge in [0.05, 0.1) is 0 Å². The van der Waals surface area contributed by atoms with Crippen LogP contribution in [0.5, 0.6) is 0 Å². The fraction of sp³-hybridized carbons (Fsp3) is 0.417. The summed E-state index contributed by atoms with van der Waals surface area (Å²) in [6.07, 6.45) is 2.72. The lowest BCUT2D eigenvalue weighted by Gasteiger charge is -2.42. The minimum atomic E-state index is -0.267. The first-order valence-electron chi connectivity index (χ1n) is 12.1. The molecule has 6 heterocycles. The molecule has 11 nitrogen and oxygen atoms in total. The Hall–Kier alpha value is -3.80. The third-order valence-electron chi connectivity index (χ3n) is 7.22. The Kier molecular flexibility index (Phi) is 5.88. The van der Waals surface area contributed by atoms with E-state index in [4.69, 9.17) is 0 Å². The largest absolute Gasteiger partial charge is 0.353 e. The topological polar surface area (TPSA) is 117 Å². The first-order chi connectivity index (χ1) is 17.6. The van der Waals surface area contributed by atoms with E-state index in [1.165, 1.54) is 0 Å². The Morgan fingerprint density at radius 3 is 2.64 bits per heavy atom. The normalized spacial score (nSPS) is 21.2. The second-order valence-electron chi connectivity index (χ2n) is 9.45. The maximum Gasteiger partial charge on any atom is 0.322 e. The molecule has 36 heavy (non-hydrogen) atoms. The minimum absolute atomic E-state index is 0.0138. The molecule has 0 aliphatic carbocycles. The Labute approximate surface area is 211 Å². The summed E-state index contributed by atoms with van der Waals surface area (Å²) in [4.78, 5) is 48.7. The molecule has 0 radical (unpaired) electrons. The van der Waals surface area contributed by atoms with Crippen molar-refractivity contribution in [3.63, 3.8) is 0 Å². The lowest BCUT2D eigenvalue weighted by molar-refractivity contribution is 0.0741. The summed E-state index contributed by atoms with van der Waals surface area (Å²) in [5, 5.41) is 7.29. The van der Waals surface area contributed by atoms with E-state index in [1.54, 1.807) is 28.1 Å². The van der Waals surface area contributed by atoms with Gasteiger partial charge in [0.1, 0.15) is 5.82 Å². The summed E-state index contributed by atoms with van der Waals surface area (Å²) in [5.41, 5.74) is 1.17. The fourth-order valence-corrected chi connectivity index (χ4v) is 6.03. The summed E-state index contributed by atoms with van der Waals surface area (Å²) in [5.74, 6) is 1.00. The highest BCUT2D eigenvalue weighted by molar-refractivity contribution is 7.10. The lowest BCUT2D eigenvalue weighted by Crippen LogP contribution is -2.50. The number of aromatic nitrogens is 4. The number of likely N-dealkylation sites (tertiary alicyclic amines) is 1. The summed E-state index contributed by atoms with van der Waals surface area (Å²) in [6, 6.07) is 10.9. The number of nitrogens with zero attached hydrogens (tertiary/aromatic N) is 7. The van der Waals surface area contributed by atoms with Crippen molar-refractivity contribution in [2.45, 2.75) is 18.9 Å². The van der Waals surface area contributed by atoms with Crippen molar-refractivity contribution in [2.24, 2.45) is 5.92 Å². The average Bonchev–Trinajstić information content (AvgIpc) is 3.37. The van der Waals surface area contributed by atoms with Crippen LogP contribution in [0.3, 0.4) is 0 Å². The Morgan fingerprint density at radius 1 is 0.972 bits per heavy atom. The van der Waals surface area contributed by atoms with Gasteiger partial charge in [-0.25, -0.2) is 9.78 Å². The van der Waals surface area contributed by atoms with Crippen LogP contribution in [0.2, 0.25) is 0 Å². The molecular weight excluding hydrogens is 480 g/mol. The molecule has 0 spiro atoms. The maximum atomic E-state index is 13.2. The summed E-state index contributed by atoms with van der Waals surface area (Å²) in [6.45, 7) is 4.12. The highest BCUT2D eigenvalue weighted by Gasteiger charge is 2.37. The van der Waals surface area contributed by atoms with Gasteiger partial charge < -0.3 is 19.3 Å². The van der Waals surface area contributed by atoms with Gasteiger partial charge in [-0.15, -0.1) is 5.10 Å². The van der Waals surface area contributed by atoms with Crippen LogP contribution in [0.25, 0.3) is 0 Å². The van der Waals surface area contributed by atoms with E-state index >= 15 is 0 Å². The third kappa shape index (κ3) is 4.21. The average molecular weight is 507 g/mol. The number of rotatable bonds is 3. The van der Waals surface area contributed by atoms with Crippen LogP contribution in [-0.2, 0) is 6.54 Å². The maximum absolute atomic E-state index is 13.2. The number of urea groups is 1. The summed E-state index contributed by atoms with van der Waals surface area (Å²) < 4.78 is 5.79. The standard InChI is InChI=1S/C24H26N8O3S/c33-20-6-3-4-18-17-12-16(14-32(18)20)13-31(15-17)24(35)26-22-21(27-28-36-22)23(34)30-10-8-29(9-11-30)19-5-1-2-7-25-19/h1-7,16-17H,8-15H2,(H,26,35)/t16-,17+/m0/s1. The van der Waals surface area contributed by atoms with Crippen molar-refractivity contribution in [3.8, 4) is 0 Å². The van der Waals surface area contributed by atoms with E-state index in [0.29, 0.717) is 50.8 Å². The van der Waals surface area contributed by atoms with Gasteiger partial charge in [0, 0.05) is 81.2 Å². The molecular formula is C24H26N8O3S. The van der Waals surface area contributed by atoms with Crippen molar-refractivity contribution >= 4 is 34.3 Å². The number of hydrogen-bond donors (Lipinski definition) is 1. The van der Waals surface area contributed by atoms with E-state index < -0.39 is 0 Å². The molecule has 2 fully saturated rings.